The summed E-state index contributed by atoms with van der Waals surface area (Å²) >= 11 is 0. The lowest BCUT2D eigenvalue weighted by Crippen LogP contribution is -2.39. The second-order valence-electron chi connectivity index (χ2n) is 6.73. The largest absolute Gasteiger partial charge is 0.396 e. The summed E-state index contributed by atoms with van der Waals surface area (Å²) in [5.74, 6) is -0.189. The molecule has 0 aliphatic carbocycles. The maximum Gasteiger partial charge on any atom is 0.129 e. The van der Waals surface area contributed by atoms with Crippen molar-refractivity contribution < 1.29 is 14.6 Å². The Bertz CT molecular complexity index is 486. The molecule has 124 valence electrons. The van der Waals surface area contributed by atoms with Crippen LogP contribution in [0.1, 0.15) is 25.3 Å². The van der Waals surface area contributed by atoms with Crippen LogP contribution in [-0.4, -0.2) is 55.0 Å². The Balaban J connectivity index is 2.14. The highest BCUT2D eigenvalue weighted by atomic mass is 19.1. The van der Waals surface area contributed by atoms with E-state index in [1.54, 1.807) is 6.07 Å². The minimum Gasteiger partial charge on any atom is -0.396 e. The van der Waals surface area contributed by atoms with Crippen LogP contribution in [0.2, 0.25) is 0 Å². The van der Waals surface area contributed by atoms with Gasteiger partial charge in [0.25, 0.3) is 0 Å². The Morgan fingerprint density at radius 3 is 2.45 bits per heavy atom. The van der Waals surface area contributed by atoms with Gasteiger partial charge in [0.2, 0.25) is 0 Å². The van der Waals surface area contributed by atoms with Crippen LogP contribution in [0.4, 0.5) is 10.1 Å². The quantitative estimate of drug-likeness (QED) is 0.807. The first-order valence-corrected chi connectivity index (χ1v) is 7.92. The van der Waals surface area contributed by atoms with Gasteiger partial charge in [0.15, 0.2) is 0 Å². The van der Waals surface area contributed by atoms with E-state index < -0.39 is 5.41 Å². The van der Waals surface area contributed by atoms with Gasteiger partial charge >= 0.3 is 0 Å². The zero-order valence-electron chi connectivity index (χ0n) is 13.6. The normalized spacial score (nSPS) is 15.8. The Labute approximate surface area is 132 Å². The molecule has 1 heterocycles. The first-order chi connectivity index (χ1) is 10.5. The molecule has 2 rings (SSSR count). The van der Waals surface area contributed by atoms with Crippen molar-refractivity contribution in [2.45, 2.75) is 26.3 Å². The highest BCUT2D eigenvalue weighted by molar-refractivity contribution is 5.54. The average molecular weight is 310 g/mol. The lowest BCUT2D eigenvalue weighted by atomic mass is 9.92. The number of rotatable bonds is 7. The van der Waals surface area contributed by atoms with Gasteiger partial charge in [-0.15, -0.1) is 0 Å². The van der Waals surface area contributed by atoms with E-state index in [1.807, 2.05) is 24.9 Å². The first-order valence-electron chi connectivity index (χ1n) is 7.92. The van der Waals surface area contributed by atoms with Crippen LogP contribution in [0.25, 0.3) is 0 Å². The summed E-state index contributed by atoms with van der Waals surface area (Å²) in [4.78, 5) is 4.20. The molecule has 1 aliphatic heterocycles. The lowest BCUT2D eigenvalue weighted by molar-refractivity contribution is 0.0400. The molecule has 22 heavy (non-hydrogen) atoms. The van der Waals surface area contributed by atoms with E-state index >= 15 is 0 Å². The molecule has 5 heteroatoms. The number of aliphatic hydroxyl groups is 2. The zero-order chi connectivity index (χ0) is 16.2. The van der Waals surface area contributed by atoms with Crippen molar-refractivity contribution in [2.75, 3.05) is 44.8 Å². The summed E-state index contributed by atoms with van der Waals surface area (Å²) in [6.07, 6.45) is 2.30. The molecule has 0 unspecified atom stereocenters. The van der Waals surface area contributed by atoms with E-state index in [0.717, 1.165) is 31.6 Å². The minimum absolute atomic E-state index is 0.0932. The minimum atomic E-state index is -0.576. The van der Waals surface area contributed by atoms with Crippen molar-refractivity contribution >= 4 is 5.69 Å². The van der Waals surface area contributed by atoms with E-state index in [4.69, 9.17) is 0 Å². The molecule has 1 saturated heterocycles. The van der Waals surface area contributed by atoms with E-state index in [9.17, 15) is 14.6 Å². The zero-order valence-corrected chi connectivity index (χ0v) is 13.6. The smallest absolute Gasteiger partial charge is 0.129 e. The Morgan fingerprint density at radius 2 is 1.86 bits per heavy atom. The lowest BCUT2D eigenvalue weighted by Gasteiger charge is -2.31. The van der Waals surface area contributed by atoms with Crippen LogP contribution < -0.4 is 4.90 Å². The molecular formula is C17H27FN2O2. The summed E-state index contributed by atoms with van der Waals surface area (Å²) in [5.41, 5.74) is 1.09. The standard InChI is InChI=1S/C17H27FN2O2/c1-17(12-21,13-22)11-19(2)10-14-15(18)6-5-7-16(14)20-8-3-4-9-20/h5-7,21-22H,3-4,8-13H2,1-2H3. The molecule has 1 aromatic carbocycles. The molecule has 0 amide bonds. The fraction of sp³-hybridized carbons (Fsp3) is 0.647. The summed E-state index contributed by atoms with van der Waals surface area (Å²) in [5, 5.41) is 18.8. The molecular weight excluding hydrogens is 283 g/mol. The molecule has 0 aromatic heterocycles. The van der Waals surface area contributed by atoms with Gasteiger partial charge in [-0.05, 0) is 32.0 Å². The van der Waals surface area contributed by atoms with Crippen molar-refractivity contribution in [3.63, 3.8) is 0 Å². The van der Waals surface area contributed by atoms with Gasteiger partial charge in [0, 0.05) is 42.8 Å². The molecule has 0 spiro atoms. The monoisotopic (exact) mass is 310 g/mol. The van der Waals surface area contributed by atoms with Crippen LogP contribution >= 0.6 is 0 Å². The summed E-state index contributed by atoms with van der Waals surface area (Å²) in [7, 11) is 1.89. The maximum absolute atomic E-state index is 14.3. The third-order valence-electron chi connectivity index (χ3n) is 4.38. The van der Waals surface area contributed by atoms with Crippen molar-refractivity contribution in [1.82, 2.24) is 4.90 Å². The van der Waals surface area contributed by atoms with Crippen LogP contribution in [0.3, 0.4) is 0 Å². The van der Waals surface area contributed by atoms with Crippen molar-refractivity contribution in [3.05, 3.63) is 29.6 Å². The number of hydrogen-bond donors (Lipinski definition) is 2. The van der Waals surface area contributed by atoms with E-state index in [1.165, 1.54) is 6.07 Å². The second kappa shape index (κ2) is 7.40. The van der Waals surface area contributed by atoms with Crippen LogP contribution in [0.5, 0.6) is 0 Å². The number of nitrogens with zero attached hydrogens (tertiary/aromatic N) is 2. The Hall–Kier alpha value is -1.17. The molecule has 0 atom stereocenters. The van der Waals surface area contributed by atoms with Crippen LogP contribution in [-0.2, 0) is 6.54 Å². The molecule has 1 aliphatic rings. The first kappa shape index (κ1) is 17.2. The van der Waals surface area contributed by atoms with Gasteiger partial charge in [-0.3, -0.25) is 0 Å². The third kappa shape index (κ3) is 3.97. The predicted molar refractivity (Wildman–Crippen MR) is 86.5 cm³/mol. The summed E-state index contributed by atoms with van der Waals surface area (Å²) in [6, 6.07) is 5.24. The summed E-state index contributed by atoms with van der Waals surface area (Å²) in [6.45, 7) is 4.57. The third-order valence-corrected chi connectivity index (χ3v) is 4.38. The molecule has 1 aromatic rings. The number of aliphatic hydroxyl groups excluding tert-OH is 2. The average Bonchev–Trinajstić information content (AvgIpc) is 3.03. The Morgan fingerprint density at radius 1 is 1.23 bits per heavy atom. The summed E-state index contributed by atoms with van der Waals surface area (Å²) < 4.78 is 14.3. The molecule has 4 nitrogen and oxygen atoms in total. The highest BCUT2D eigenvalue weighted by Crippen LogP contribution is 2.28. The molecule has 0 saturated carbocycles. The second-order valence-corrected chi connectivity index (χ2v) is 6.73. The van der Waals surface area contributed by atoms with E-state index in [-0.39, 0.29) is 19.0 Å². The predicted octanol–water partition coefficient (Wildman–Crippen LogP) is 1.85. The number of benzene rings is 1. The fourth-order valence-electron chi connectivity index (χ4n) is 3.09. The topological polar surface area (TPSA) is 46.9 Å². The molecule has 0 bridgehead atoms. The van der Waals surface area contributed by atoms with E-state index in [0.29, 0.717) is 18.7 Å². The van der Waals surface area contributed by atoms with Crippen molar-refractivity contribution in [3.8, 4) is 0 Å². The molecule has 2 N–H and O–H groups in total. The van der Waals surface area contributed by atoms with Gasteiger partial charge < -0.3 is 20.0 Å². The van der Waals surface area contributed by atoms with Gasteiger partial charge in [-0.1, -0.05) is 13.0 Å². The van der Waals surface area contributed by atoms with Crippen molar-refractivity contribution in [2.24, 2.45) is 5.41 Å². The van der Waals surface area contributed by atoms with Gasteiger partial charge in [-0.2, -0.15) is 0 Å². The fourth-order valence-corrected chi connectivity index (χ4v) is 3.09. The van der Waals surface area contributed by atoms with Crippen LogP contribution in [0, 0.1) is 11.2 Å². The molecule has 0 radical (unpaired) electrons. The highest BCUT2D eigenvalue weighted by Gasteiger charge is 2.26. The Kier molecular flexibility index (Phi) is 5.78. The van der Waals surface area contributed by atoms with Gasteiger partial charge in [0.1, 0.15) is 5.82 Å². The van der Waals surface area contributed by atoms with Gasteiger partial charge in [-0.25, -0.2) is 4.39 Å². The molecule has 1 fully saturated rings. The number of halogens is 1. The SMILES string of the molecule is CN(Cc1c(F)cccc1N1CCCC1)CC(C)(CO)CO. The number of hydrogen-bond acceptors (Lipinski definition) is 4. The maximum atomic E-state index is 14.3. The van der Waals surface area contributed by atoms with Gasteiger partial charge in [0.05, 0.1) is 13.2 Å². The van der Waals surface area contributed by atoms with Crippen LogP contribution in [0.15, 0.2) is 18.2 Å². The van der Waals surface area contributed by atoms with Crippen molar-refractivity contribution in [1.29, 1.82) is 0 Å². The van der Waals surface area contributed by atoms with E-state index in [2.05, 4.69) is 4.90 Å². The number of anilines is 1.